The number of pyridine rings is 1. The Bertz CT molecular complexity index is 1220. The molecule has 5 rings (SSSR count). The van der Waals surface area contributed by atoms with E-state index in [9.17, 15) is 13.6 Å². The van der Waals surface area contributed by atoms with Gasteiger partial charge in [-0.2, -0.15) is 0 Å². The number of carbonyl (C=O) groups is 1. The van der Waals surface area contributed by atoms with Crippen LogP contribution in [0, 0.1) is 0 Å². The number of nitrogens with zero attached hydrogens (tertiary/aromatic N) is 3. The zero-order chi connectivity index (χ0) is 23.9. The SMILES string of the molecule is CO[C@@]1(c2cc(C(F)F)cc(-c3cc(C4CCOC4)n4cnc(NC(N)=O)cc34)n2)CCOC1. The van der Waals surface area contributed by atoms with Crippen LogP contribution >= 0.6 is 0 Å². The lowest BCUT2D eigenvalue weighted by molar-refractivity contribution is -0.0247. The number of ether oxygens (including phenoxy) is 3. The van der Waals surface area contributed by atoms with Crippen molar-refractivity contribution in [3.8, 4) is 11.3 Å². The topological polar surface area (TPSA) is 113 Å². The minimum absolute atomic E-state index is 0.115. The van der Waals surface area contributed by atoms with E-state index in [2.05, 4.69) is 10.3 Å². The van der Waals surface area contributed by atoms with Crippen molar-refractivity contribution < 1.29 is 27.8 Å². The van der Waals surface area contributed by atoms with Crippen molar-refractivity contribution in [2.24, 2.45) is 5.73 Å². The van der Waals surface area contributed by atoms with Gasteiger partial charge in [0.2, 0.25) is 0 Å². The van der Waals surface area contributed by atoms with Crippen molar-refractivity contribution in [2.45, 2.75) is 30.8 Å². The number of carbonyl (C=O) groups excluding carboxylic acids is 1. The van der Waals surface area contributed by atoms with Crippen LogP contribution in [-0.4, -0.2) is 53.9 Å². The lowest BCUT2D eigenvalue weighted by Gasteiger charge is -2.26. The molecule has 2 aliphatic heterocycles. The molecule has 3 aromatic heterocycles. The number of fused-ring (bicyclic) bond motifs is 1. The zero-order valence-electron chi connectivity index (χ0n) is 18.6. The van der Waals surface area contributed by atoms with E-state index >= 15 is 0 Å². The highest BCUT2D eigenvalue weighted by Gasteiger charge is 2.39. The summed E-state index contributed by atoms with van der Waals surface area (Å²) in [6.07, 6.45) is 0.228. The Hall–Kier alpha value is -3.15. The first-order chi connectivity index (χ1) is 16.4. The third-order valence-electron chi connectivity index (χ3n) is 6.51. The second-order valence-electron chi connectivity index (χ2n) is 8.53. The maximum Gasteiger partial charge on any atom is 0.317 e. The Morgan fingerprint density at radius 1 is 1.29 bits per heavy atom. The summed E-state index contributed by atoms with van der Waals surface area (Å²) in [5.74, 6) is 0.362. The molecule has 3 N–H and O–H groups in total. The molecule has 0 spiro atoms. The van der Waals surface area contributed by atoms with Crippen molar-refractivity contribution in [3.05, 3.63) is 47.5 Å². The Kier molecular flexibility index (Phi) is 5.92. The average molecular weight is 473 g/mol. The molecule has 0 bridgehead atoms. The van der Waals surface area contributed by atoms with E-state index in [-0.39, 0.29) is 23.9 Å². The predicted octanol–water partition coefficient (Wildman–Crippen LogP) is 3.59. The molecular formula is C23H25F2N5O4. The summed E-state index contributed by atoms with van der Waals surface area (Å²) in [6.45, 7) is 1.88. The third-order valence-corrected chi connectivity index (χ3v) is 6.51. The summed E-state index contributed by atoms with van der Waals surface area (Å²) in [7, 11) is 1.53. The monoisotopic (exact) mass is 473 g/mol. The molecule has 9 nitrogen and oxygen atoms in total. The Labute approximate surface area is 194 Å². The van der Waals surface area contributed by atoms with Gasteiger partial charge in [-0.3, -0.25) is 5.32 Å². The molecule has 0 aliphatic carbocycles. The number of anilines is 1. The van der Waals surface area contributed by atoms with Crippen LogP contribution < -0.4 is 11.1 Å². The van der Waals surface area contributed by atoms with E-state index in [4.69, 9.17) is 24.9 Å². The van der Waals surface area contributed by atoms with Crippen LogP contribution in [0.25, 0.3) is 16.8 Å². The molecule has 2 amide bonds. The minimum Gasteiger partial charge on any atom is -0.381 e. The Morgan fingerprint density at radius 2 is 2.15 bits per heavy atom. The fourth-order valence-corrected chi connectivity index (χ4v) is 4.67. The molecule has 1 unspecified atom stereocenters. The number of aromatic nitrogens is 3. The van der Waals surface area contributed by atoms with Gasteiger partial charge < -0.3 is 24.3 Å². The van der Waals surface area contributed by atoms with Crippen LogP contribution in [0.1, 0.15) is 42.1 Å². The van der Waals surface area contributed by atoms with Gasteiger partial charge in [-0.15, -0.1) is 0 Å². The number of halogens is 2. The maximum atomic E-state index is 13.9. The number of amides is 2. The molecule has 180 valence electrons. The van der Waals surface area contributed by atoms with Gasteiger partial charge in [0, 0.05) is 55.5 Å². The van der Waals surface area contributed by atoms with E-state index in [1.807, 2.05) is 10.5 Å². The molecule has 11 heteroatoms. The van der Waals surface area contributed by atoms with Gasteiger partial charge in [0.1, 0.15) is 17.7 Å². The first-order valence-corrected chi connectivity index (χ1v) is 11.0. The molecule has 2 aliphatic rings. The van der Waals surface area contributed by atoms with Gasteiger partial charge in [0.25, 0.3) is 6.43 Å². The highest BCUT2D eigenvalue weighted by Crippen LogP contribution is 2.39. The van der Waals surface area contributed by atoms with Gasteiger partial charge >= 0.3 is 6.03 Å². The van der Waals surface area contributed by atoms with E-state index in [0.29, 0.717) is 48.7 Å². The van der Waals surface area contributed by atoms with Crippen LogP contribution in [-0.2, 0) is 19.8 Å². The minimum atomic E-state index is -2.69. The third kappa shape index (κ3) is 3.99. The molecule has 0 saturated carbocycles. The predicted molar refractivity (Wildman–Crippen MR) is 119 cm³/mol. The largest absolute Gasteiger partial charge is 0.381 e. The highest BCUT2D eigenvalue weighted by molar-refractivity contribution is 5.89. The lowest BCUT2D eigenvalue weighted by atomic mass is 9.95. The number of urea groups is 1. The van der Waals surface area contributed by atoms with Crippen LogP contribution in [0.15, 0.2) is 30.6 Å². The number of rotatable bonds is 6. The number of methoxy groups -OCH3 is 1. The molecule has 2 saturated heterocycles. The Morgan fingerprint density at radius 3 is 2.79 bits per heavy atom. The number of hydrogen-bond acceptors (Lipinski definition) is 6. The number of primary amides is 1. The average Bonchev–Trinajstić information content (AvgIpc) is 3.58. The summed E-state index contributed by atoms with van der Waals surface area (Å²) in [5, 5.41) is 2.47. The summed E-state index contributed by atoms with van der Waals surface area (Å²) < 4.78 is 46.6. The molecule has 0 aromatic carbocycles. The fraction of sp³-hybridized carbons (Fsp3) is 0.435. The molecular weight excluding hydrogens is 448 g/mol. The van der Waals surface area contributed by atoms with Gasteiger partial charge in [-0.05, 0) is 24.6 Å². The Balaban J connectivity index is 1.71. The van der Waals surface area contributed by atoms with E-state index in [1.165, 1.54) is 19.2 Å². The lowest BCUT2D eigenvalue weighted by Crippen LogP contribution is -2.30. The van der Waals surface area contributed by atoms with Crippen molar-refractivity contribution in [1.29, 1.82) is 0 Å². The molecule has 0 radical (unpaired) electrons. The number of alkyl halides is 2. The molecule has 2 atom stereocenters. The summed E-state index contributed by atoms with van der Waals surface area (Å²) in [6, 6.07) is 5.60. The van der Waals surface area contributed by atoms with Gasteiger partial charge in [-0.1, -0.05) is 0 Å². The number of nitrogens with one attached hydrogen (secondary N) is 1. The summed E-state index contributed by atoms with van der Waals surface area (Å²) in [5.41, 5.74) is 7.19. The van der Waals surface area contributed by atoms with Crippen molar-refractivity contribution in [2.75, 3.05) is 38.9 Å². The second-order valence-corrected chi connectivity index (χ2v) is 8.53. The standard InChI is InChI=1S/C23H25F2N5O4/c1-32-23(3-5-34-11-23)19-7-14(21(24)25)6-16(28-19)15-8-17(13-2-4-33-10-13)30-12-27-20(9-18(15)30)29-22(26)31/h6-9,12-13,21H,2-5,10-11H2,1H3,(H3,26,29,31)/t13?,23-/m0/s1. The van der Waals surface area contributed by atoms with Crippen LogP contribution in [0.3, 0.4) is 0 Å². The van der Waals surface area contributed by atoms with Crippen molar-refractivity contribution in [3.63, 3.8) is 0 Å². The first kappa shape index (κ1) is 22.6. The van der Waals surface area contributed by atoms with Crippen LogP contribution in [0.2, 0.25) is 0 Å². The van der Waals surface area contributed by atoms with E-state index in [1.54, 1.807) is 12.4 Å². The molecule has 2 fully saturated rings. The summed E-state index contributed by atoms with van der Waals surface area (Å²) >= 11 is 0. The fourth-order valence-electron chi connectivity index (χ4n) is 4.67. The zero-order valence-corrected chi connectivity index (χ0v) is 18.6. The molecule has 3 aromatic rings. The normalized spacial score (nSPS) is 22.6. The molecule has 34 heavy (non-hydrogen) atoms. The quantitative estimate of drug-likeness (QED) is 0.566. The van der Waals surface area contributed by atoms with Crippen molar-refractivity contribution in [1.82, 2.24) is 14.4 Å². The second kappa shape index (κ2) is 8.90. The smallest absolute Gasteiger partial charge is 0.317 e. The number of nitrogens with two attached hydrogens (primary N) is 1. The van der Waals surface area contributed by atoms with Crippen LogP contribution in [0.5, 0.6) is 0 Å². The van der Waals surface area contributed by atoms with Gasteiger partial charge in [0.15, 0.2) is 0 Å². The van der Waals surface area contributed by atoms with E-state index < -0.39 is 18.1 Å². The highest BCUT2D eigenvalue weighted by atomic mass is 19.3. The van der Waals surface area contributed by atoms with Crippen molar-refractivity contribution >= 4 is 17.4 Å². The first-order valence-electron chi connectivity index (χ1n) is 11.0. The van der Waals surface area contributed by atoms with Gasteiger partial charge in [-0.25, -0.2) is 23.5 Å². The van der Waals surface area contributed by atoms with E-state index in [0.717, 1.165) is 12.1 Å². The number of hydrogen-bond donors (Lipinski definition) is 2. The maximum absolute atomic E-state index is 13.9. The van der Waals surface area contributed by atoms with Crippen LogP contribution in [0.4, 0.5) is 19.4 Å². The summed E-state index contributed by atoms with van der Waals surface area (Å²) in [4.78, 5) is 20.4. The molecule has 5 heterocycles. The van der Waals surface area contributed by atoms with Gasteiger partial charge in [0.05, 0.1) is 30.1 Å².